The van der Waals surface area contributed by atoms with Crippen molar-refractivity contribution in [1.82, 2.24) is 4.90 Å². The van der Waals surface area contributed by atoms with Gasteiger partial charge in [0.1, 0.15) is 6.61 Å². The topological polar surface area (TPSA) is 12.5 Å². The van der Waals surface area contributed by atoms with Gasteiger partial charge in [0.05, 0.1) is 11.6 Å². The number of hydrogen-bond donors (Lipinski definition) is 0. The average Bonchev–Trinajstić information content (AvgIpc) is 2.48. The van der Waals surface area contributed by atoms with E-state index in [1.165, 1.54) is 6.07 Å². The number of benzene rings is 1. The first-order chi connectivity index (χ1) is 10.1. The van der Waals surface area contributed by atoms with Crippen LogP contribution in [0.3, 0.4) is 0 Å². The Balaban J connectivity index is 0.00000242. The van der Waals surface area contributed by atoms with Gasteiger partial charge in [-0.05, 0) is 30.3 Å². The molecular formula is C18H19FNOY-. The molecule has 22 heavy (non-hydrogen) atoms. The van der Waals surface area contributed by atoms with Crippen LogP contribution in [0.4, 0.5) is 4.39 Å². The summed E-state index contributed by atoms with van der Waals surface area (Å²) in [5, 5.41) is 0. The molecular weight excluding hydrogens is 354 g/mol. The standard InChI is InChI=1S/C18H19FNO.Y/c1-5-12-21-17-9-7-8-15(19)18(17)16-11-10-13(3)14(4)20(16)6-2;/h5,7-10H,1,4,6,12H2,2-3H3;/q-1;. The van der Waals surface area contributed by atoms with Gasteiger partial charge in [0.15, 0.2) is 0 Å². The van der Waals surface area contributed by atoms with Crippen LogP contribution in [-0.2, 0) is 32.7 Å². The summed E-state index contributed by atoms with van der Waals surface area (Å²) in [6, 6.07) is 4.80. The Morgan fingerprint density at radius 1 is 1.41 bits per heavy atom. The molecule has 0 atom stereocenters. The first-order valence-electron chi connectivity index (χ1n) is 6.89. The molecule has 1 aromatic carbocycles. The van der Waals surface area contributed by atoms with Gasteiger partial charge in [-0.2, -0.15) is 12.2 Å². The van der Waals surface area contributed by atoms with Crippen LogP contribution in [0.15, 0.2) is 54.8 Å². The number of likely N-dealkylation sites (N-methyl/N-ethyl adjacent to an activating group) is 1. The number of ether oxygens (including phenoxy) is 1. The largest absolute Gasteiger partial charge is 0.502 e. The third-order valence-electron chi connectivity index (χ3n) is 3.36. The van der Waals surface area contributed by atoms with E-state index in [0.29, 0.717) is 30.2 Å². The summed E-state index contributed by atoms with van der Waals surface area (Å²) in [6.45, 7) is 12.6. The zero-order chi connectivity index (χ0) is 15.4. The van der Waals surface area contributed by atoms with E-state index in [1.807, 2.05) is 24.8 Å². The van der Waals surface area contributed by atoms with Gasteiger partial charge in [-0.25, -0.2) is 4.39 Å². The maximum Gasteiger partial charge on any atom is 0.105 e. The van der Waals surface area contributed by atoms with Crippen LogP contribution in [0.1, 0.15) is 19.4 Å². The Kier molecular flexibility index (Phi) is 7.24. The minimum Gasteiger partial charge on any atom is -0.502 e. The van der Waals surface area contributed by atoms with Crippen molar-refractivity contribution >= 4 is 5.70 Å². The number of hydrogen-bond acceptors (Lipinski definition) is 2. The second-order valence-electron chi connectivity index (χ2n) is 4.72. The molecule has 1 aromatic rings. The van der Waals surface area contributed by atoms with Gasteiger partial charge in [-0.1, -0.05) is 37.9 Å². The molecule has 1 heterocycles. The molecule has 0 amide bonds. The smallest absolute Gasteiger partial charge is 0.105 e. The molecule has 0 aliphatic carbocycles. The van der Waals surface area contributed by atoms with E-state index in [2.05, 4.69) is 19.2 Å². The van der Waals surface area contributed by atoms with Gasteiger partial charge < -0.3 is 9.64 Å². The van der Waals surface area contributed by atoms with Gasteiger partial charge in [0, 0.05) is 39.3 Å². The van der Waals surface area contributed by atoms with Crippen molar-refractivity contribution in [3.05, 3.63) is 72.2 Å². The van der Waals surface area contributed by atoms with E-state index in [9.17, 15) is 4.39 Å². The molecule has 0 aromatic heterocycles. The van der Waals surface area contributed by atoms with Crippen molar-refractivity contribution in [3.63, 3.8) is 0 Å². The molecule has 0 bridgehead atoms. The average molecular weight is 373 g/mol. The van der Waals surface area contributed by atoms with Gasteiger partial charge >= 0.3 is 0 Å². The van der Waals surface area contributed by atoms with Gasteiger partial charge in [-0.3, -0.25) is 0 Å². The normalized spacial score (nSPS) is 14.0. The number of rotatable bonds is 5. The molecule has 1 aliphatic rings. The molecule has 1 aliphatic heterocycles. The molecule has 0 fully saturated rings. The zero-order valence-corrected chi connectivity index (χ0v) is 15.9. The fourth-order valence-corrected chi connectivity index (χ4v) is 2.24. The molecule has 113 valence electrons. The quantitative estimate of drug-likeness (QED) is 0.563. The molecule has 0 N–H and O–H groups in total. The van der Waals surface area contributed by atoms with E-state index in [4.69, 9.17) is 4.74 Å². The van der Waals surface area contributed by atoms with Crippen LogP contribution in [0.25, 0.3) is 5.70 Å². The second kappa shape index (κ2) is 8.45. The van der Waals surface area contributed by atoms with Gasteiger partial charge in [0.2, 0.25) is 0 Å². The minimum atomic E-state index is -0.335. The number of nitrogens with zero attached hydrogens (tertiary/aromatic N) is 1. The summed E-state index contributed by atoms with van der Waals surface area (Å²) in [5.41, 5.74) is 2.92. The molecule has 2 nitrogen and oxygen atoms in total. The Morgan fingerprint density at radius 3 is 2.77 bits per heavy atom. The number of halogens is 1. The monoisotopic (exact) mass is 373 g/mol. The predicted octanol–water partition coefficient (Wildman–Crippen LogP) is 4.33. The van der Waals surface area contributed by atoms with Crippen LogP contribution >= 0.6 is 0 Å². The van der Waals surface area contributed by atoms with Crippen LogP contribution in [0.5, 0.6) is 5.75 Å². The van der Waals surface area contributed by atoms with E-state index >= 15 is 0 Å². The molecule has 0 saturated heterocycles. The Hall–Kier alpha value is -1.19. The summed E-state index contributed by atoms with van der Waals surface area (Å²) in [5.74, 6) is 0.148. The van der Waals surface area contributed by atoms with E-state index in [0.717, 1.165) is 11.3 Å². The molecule has 0 unspecified atom stereocenters. The van der Waals surface area contributed by atoms with Crippen molar-refractivity contribution in [2.45, 2.75) is 13.8 Å². The maximum atomic E-state index is 14.4. The fraction of sp³-hybridized carbons (Fsp3) is 0.222. The molecule has 1 radical (unpaired) electrons. The van der Waals surface area contributed by atoms with E-state index < -0.39 is 0 Å². The maximum absolute atomic E-state index is 14.4. The van der Waals surface area contributed by atoms with Crippen molar-refractivity contribution < 1.29 is 41.8 Å². The SMILES string of the molecule is C=CCOc1cccc(F)c1C1=[C-]C=C(C)C(=C)N1CC.[Y]. The Morgan fingerprint density at radius 2 is 2.14 bits per heavy atom. The van der Waals surface area contributed by atoms with Crippen molar-refractivity contribution in [3.8, 4) is 5.75 Å². The molecule has 0 spiro atoms. The zero-order valence-electron chi connectivity index (χ0n) is 13.0. The third kappa shape index (κ3) is 3.77. The van der Waals surface area contributed by atoms with Crippen LogP contribution < -0.4 is 4.74 Å². The van der Waals surface area contributed by atoms with Crippen molar-refractivity contribution in [2.24, 2.45) is 0 Å². The van der Waals surface area contributed by atoms with Crippen molar-refractivity contribution in [2.75, 3.05) is 13.2 Å². The van der Waals surface area contributed by atoms with Crippen LogP contribution in [-0.4, -0.2) is 18.1 Å². The summed E-state index contributed by atoms with van der Waals surface area (Å²) in [6.07, 6.45) is 6.61. The molecule has 2 rings (SSSR count). The summed E-state index contributed by atoms with van der Waals surface area (Å²) >= 11 is 0. The number of allylic oxidation sites excluding steroid dienone is 3. The predicted molar refractivity (Wildman–Crippen MR) is 84.0 cm³/mol. The fourth-order valence-electron chi connectivity index (χ4n) is 2.24. The third-order valence-corrected chi connectivity index (χ3v) is 3.36. The summed E-state index contributed by atoms with van der Waals surface area (Å²) in [7, 11) is 0. The molecule has 0 saturated carbocycles. The molecule has 4 heteroatoms. The summed E-state index contributed by atoms with van der Waals surface area (Å²) < 4.78 is 19.9. The second-order valence-corrected chi connectivity index (χ2v) is 4.72. The first-order valence-corrected chi connectivity index (χ1v) is 6.89. The van der Waals surface area contributed by atoms with Gasteiger partial charge in [-0.15, -0.1) is 5.57 Å². The van der Waals surface area contributed by atoms with Crippen LogP contribution in [0, 0.1) is 11.9 Å². The Labute approximate surface area is 156 Å². The van der Waals surface area contributed by atoms with E-state index in [-0.39, 0.29) is 38.5 Å². The minimum absolute atomic E-state index is 0. The van der Waals surface area contributed by atoms with Crippen molar-refractivity contribution in [1.29, 1.82) is 0 Å². The van der Waals surface area contributed by atoms with Gasteiger partial charge in [0.25, 0.3) is 0 Å². The van der Waals surface area contributed by atoms with E-state index in [1.54, 1.807) is 18.2 Å². The first kappa shape index (κ1) is 18.9. The Bertz CT molecular complexity index is 634. The van der Waals surface area contributed by atoms with Crippen LogP contribution in [0.2, 0.25) is 0 Å². The summed E-state index contributed by atoms with van der Waals surface area (Å²) in [4.78, 5) is 1.94.